The lowest BCUT2D eigenvalue weighted by molar-refractivity contribution is -0.134. The zero-order valence-electron chi connectivity index (χ0n) is 12.1. The molecule has 2 aliphatic rings. The number of nitrogens with zero attached hydrogens (tertiary/aromatic N) is 1. The summed E-state index contributed by atoms with van der Waals surface area (Å²) < 4.78 is 0. The highest BCUT2D eigenvalue weighted by Crippen LogP contribution is 2.06. The first kappa shape index (κ1) is 17.4. The second kappa shape index (κ2) is 12.8. The second-order valence-corrected chi connectivity index (χ2v) is 4.82. The average molecular weight is 258 g/mol. The highest BCUT2D eigenvalue weighted by Gasteiger charge is 2.05. The molecular formula is C14H30N2O2. The molecule has 18 heavy (non-hydrogen) atoms. The molecule has 0 aliphatic carbocycles. The summed E-state index contributed by atoms with van der Waals surface area (Å²) in [6, 6.07) is 0. The number of hydrogen-bond acceptors (Lipinski definition) is 3. The Hall–Kier alpha value is -0.610. The minimum Gasteiger partial charge on any atom is -0.481 e. The third-order valence-corrected chi connectivity index (χ3v) is 3.10. The van der Waals surface area contributed by atoms with Gasteiger partial charge in [-0.25, -0.2) is 0 Å². The summed E-state index contributed by atoms with van der Waals surface area (Å²) in [6.07, 6.45) is 8.52. The lowest BCUT2D eigenvalue weighted by Gasteiger charge is -2.24. The molecule has 2 N–H and O–H groups in total. The molecule has 0 saturated carbocycles. The molecular weight excluding hydrogens is 228 g/mol. The molecule has 0 spiro atoms. The molecule has 0 aromatic heterocycles. The van der Waals surface area contributed by atoms with E-state index in [0.717, 1.165) is 6.92 Å². The predicted molar refractivity (Wildman–Crippen MR) is 76.0 cm³/mol. The quantitative estimate of drug-likeness (QED) is 0.758. The first-order valence-corrected chi connectivity index (χ1v) is 7.29. The van der Waals surface area contributed by atoms with Crippen molar-refractivity contribution in [2.75, 3.05) is 32.7 Å². The highest BCUT2D eigenvalue weighted by molar-refractivity contribution is 5.62. The Morgan fingerprint density at radius 2 is 1.50 bits per heavy atom. The summed E-state index contributed by atoms with van der Waals surface area (Å²) in [5, 5.41) is 10.7. The van der Waals surface area contributed by atoms with Crippen molar-refractivity contribution in [3.63, 3.8) is 0 Å². The van der Waals surface area contributed by atoms with Gasteiger partial charge in [-0.1, -0.05) is 19.8 Å². The monoisotopic (exact) mass is 258 g/mol. The van der Waals surface area contributed by atoms with E-state index in [0.29, 0.717) is 0 Å². The Morgan fingerprint density at radius 1 is 1.06 bits per heavy atom. The zero-order chi connectivity index (χ0) is 13.6. The van der Waals surface area contributed by atoms with Crippen molar-refractivity contribution in [2.24, 2.45) is 0 Å². The van der Waals surface area contributed by atoms with Gasteiger partial charge in [-0.15, -0.1) is 0 Å². The van der Waals surface area contributed by atoms with Crippen LogP contribution < -0.4 is 5.32 Å². The maximum absolute atomic E-state index is 9.00. The maximum atomic E-state index is 9.00. The van der Waals surface area contributed by atoms with Crippen molar-refractivity contribution < 1.29 is 9.90 Å². The molecule has 0 atom stereocenters. The van der Waals surface area contributed by atoms with Crippen LogP contribution in [0.3, 0.4) is 0 Å². The minimum absolute atomic E-state index is 0.833. The molecule has 2 fully saturated rings. The normalized spacial score (nSPS) is 19.9. The molecule has 4 heteroatoms. The van der Waals surface area contributed by atoms with E-state index in [1.165, 1.54) is 71.2 Å². The Labute approximate surface area is 112 Å². The first-order valence-electron chi connectivity index (χ1n) is 7.29. The van der Waals surface area contributed by atoms with Crippen LogP contribution in [-0.2, 0) is 4.79 Å². The number of carboxylic acid groups (broad SMARTS) is 1. The Balaban J connectivity index is 0.000000257. The van der Waals surface area contributed by atoms with Gasteiger partial charge in [-0.2, -0.15) is 0 Å². The summed E-state index contributed by atoms with van der Waals surface area (Å²) in [5.74, 6) is -0.833. The highest BCUT2D eigenvalue weighted by atomic mass is 16.4. The zero-order valence-corrected chi connectivity index (χ0v) is 12.1. The van der Waals surface area contributed by atoms with Crippen LogP contribution in [0, 0.1) is 0 Å². The third kappa shape index (κ3) is 13.5. The molecule has 4 nitrogen and oxygen atoms in total. The van der Waals surface area contributed by atoms with E-state index in [1.54, 1.807) is 0 Å². The van der Waals surface area contributed by atoms with Crippen LogP contribution in [0.5, 0.6) is 0 Å². The van der Waals surface area contributed by atoms with Crippen molar-refractivity contribution in [1.29, 1.82) is 0 Å². The number of carboxylic acids is 1. The van der Waals surface area contributed by atoms with Crippen molar-refractivity contribution in [3.05, 3.63) is 0 Å². The van der Waals surface area contributed by atoms with E-state index < -0.39 is 5.97 Å². The average Bonchev–Trinajstić information content (AvgIpc) is 2.42. The number of piperidine rings is 2. The van der Waals surface area contributed by atoms with Gasteiger partial charge >= 0.3 is 0 Å². The standard InChI is InChI=1S/C7H15N.C5H11N.C2H4O2/c1-2-8-6-4-3-5-7-8;1-2-4-6-5-3-1;1-2(3)4/h2-7H2,1H3;6H,1-5H2;1H3,(H,3,4). The number of hydrogen-bond donors (Lipinski definition) is 2. The van der Waals surface area contributed by atoms with E-state index in [4.69, 9.17) is 9.90 Å². The maximum Gasteiger partial charge on any atom is 0.300 e. The molecule has 2 aliphatic heterocycles. The Morgan fingerprint density at radius 3 is 1.72 bits per heavy atom. The van der Waals surface area contributed by atoms with Crippen LogP contribution in [0.25, 0.3) is 0 Å². The molecule has 0 unspecified atom stereocenters. The number of nitrogens with one attached hydrogen (secondary N) is 1. The number of rotatable bonds is 1. The number of aliphatic carboxylic acids is 1. The number of carbonyl (C=O) groups is 1. The summed E-state index contributed by atoms with van der Waals surface area (Å²) in [5.41, 5.74) is 0. The molecule has 0 aromatic carbocycles. The molecule has 2 rings (SSSR count). The first-order chi connectivity index (χ1) is 8.66. The van der Waals surface area contributed by atoms with E-state index >= 15 is 0 Å². The fourth-order valence-electron chi connectivity index (χ4n) is 2.08. The number of likely N-dealkylation sites (tertiary alicyclic amines) is 1. The topological polar surface area (TPSA) is 52.6 Å². The van der Waals surface area contributed by atoms with Gasteiger partial charge in [0.25, 0.3) is 5.97 Å². The van der Waals surface area contributed by atoms with Crippen LogP contribution in [0.4, 0.5) is 0 Å². The van der Waals surface area contributed by atoms with Gasteiger partial charge in [0.1, 0.15) is 0 Å². The van der Waals surface area contributed by atoms with E-state index in [1.807, 2.05) is 0 Å². The molecule has 108 valence electrons. The second-order valence-electron chi connectivity index (χ2n) is 4.82. The fraction of sp³-hybridized carbons (Fsp3) is 0.929. The Bertz CT molecular complexity index is 173. The predicted octanol–water partition coefficient (Wildman–Crippen LogP) is 2.34. The summed E-state index contributed by atoms with van der Waals surface area (Å²) in [4.78, 5) is 11.5. The molecule has 0 bridgehead atoms. The van der Waals surface area contributed by atoms with Gasteiger partial charge in [-0.05, 0) is 58.4 Å². The Kier molecular flexibility index (Phi) is 12.4. The van der Waals surface area contributed by atoms with Crippen molar-refractivity contribution in [1.82, 2.24) is 10.2 Å². The van der Waals surface area contributed by atoms with Gasteiger partial charge < -0.3 is 15.3 Å². The molecule has 2 heterocycles. The largest absolute Gasteiger partial charge is 0.481 e. The summed E-state index contributed by atoms with van der Waals surface area (Å²) in [6.45, 7) is 9.76. The summed E-state index contributed by atoms with van der Waals surface area (Å²) in [7, 11) is 0. The van der Waals surface area contributed by atoms with Crippen LogP contribution in [0.1, 0.15) is 52.4 Å². The minimum atomic E-state index is -0.833. The van der Waals surface area contributed by atoms with E-state index in [-0.39, 0.29) is 0 Å². The van der Waals surface area contributed by atoms with E-state index in [9.17, 15) is 0 Å². The fourth-order valence-corrected chi connectivity index (χ4v) is 2.08. The smallest absolute Gasteiger partial charge is 0.300 e. The van der Waals surface area contributed by atoms with Crippen LogP contribution in [0.2, 0.25) is 0 Å². The SMILES string of the molecule is C1CCNCC1.CC(=O)O.CCN1CCCCC1. The van der Waals surface area contributed by atoms with Gasteiger partial charge in [-0.3, -0.25) is 4.79 Å². The van der Waals surface area contributed by atoms with Crippen LogP contribution in [-0.4, -0.2) is 48.7 Å². The molecule has 2 saturated heterocycles. The van der Waals surface area contributed by atoms with Crippen molar-refractivity contribution in [3.8, 4) is 0 Å². The summed E-state index contributed by atoms with van der Waals surface area (Å²) >= 11 is 0. The van der Waals surface area contributed by atoms with Crippen molar-refractivity contribution in [2.45, 2.75) is 52.4 Å². The molecule has 0 amide bonds. The third-order valence-electron chi connectivity index (χ3n) is 3.10. The lowest BCUT2D eigenvalue weighted by atomic mass is 10.1. The van der Waals surface area contributed by atoms with E-state index in [2.05, 4.69) is 17.1 Å². The van der Waals surface area contributed by atoms with Gasteiger partial charge in [0, 0.05) is 6.92 Å². The molecule has 0 aromatic rings. The lowest BCUT2D eigenvalue weighted by Crippen LogP contribution is -2.29. The van der Waals surface area contributed by atoms with Crippen LogP contribution >= 0.6 is 0 Å². The van der Waals surface area contributed by atoms with Gasteiger partial charge in [0.2, 0.25) is 0 Å². The van der Waals surface area contributed by atoms with Gasteiger partial charge in [0.05, 0.1) is 0 Å². The molecule has 0 radical (unpaired) electrons. The van der Waals surface area contributed by atoms with Gasteiger partial charge in [0.15, 0.2) is 0 Å². The van der Waals surface area contributed by atoms with Crippen molar-refractivity contribution >= 4 is 5.97 Å². The van der Waals surface area contributed by atoms with Crippen LogP contribution in [0.15, 0.2) is 0 Å².